The third-order valence-corrected chi connectivity index (χ3v) is 3.90. The summed E-state index contributed by atoms with van der Waals surface area (Å²) in [5.74, 6) is 0.101. The van der Waals surface area contributed by atoms with Crippen molar-refractivity contribution in [1.29, 1.82) is 0 Å². The molecule has 4 rings (SSSR count). The van der Waals surface area contributed by atoms with E-state index in [1.807, 2.05) is 25.1 Å². The first-order valence-electron chi connectivity index (χ1n) is 7.45. The smallest absolute Gasteiger partial charge is 0.298 e. The molecule has 0 radical (unpaired) electrons. The fourth-order valence-electron chi connectivity index (χ4n) is 2.66. The second kappa shape index (κ2) is 5.34. The monoisotopic (exact) mass is 318 g/mol. The van der Waals surface area contributed by atoms with Gasteiger partial charge in [0.1, 0.15) is 23.1 Å². The van der Waals surface area contributed by atoms with Gasteiger partial charge in [-0.05, 0) is 31.2 Å². The Bertz CT molecular complexity index is 1150. The van der Waals surface area contributed by atoms with Crippen LogP contribution < -0.4 is 5.56 Å². The third kappa shape index (κ3) is 2.25. The number of para-hydroxylation sites is 1. The maximum atomic E-state index is 12.6. The van der Waals surface area contributed by atoms with E-state index in [-0.39, 0.29) is 11.3 Å². The van der Waals surface area contributed by atoms with E-state index in [9.17, 15) is 9.90 Å². The van der Waals surface area contributed by atoms with Crippen molar-refractivity contribution in [2.75, 3.05) is 0 Å². The van der Waals surface area contributed by atoms with Crippen molar-refractivity contribution in [2.24, 2.45) is 5.10 Å². The van der Waals surface area contributed by atoms with Gasteiger partial charge < -0.3 is 10.1 Å². The van der Waals surface area contributed by atoms with Crippen LogP contribution in [-0.2, 0) is 0 Å². The Morgan fingerprint density at radius 2 is 2.08 bits per heavy atom. The predicted molar refractivity (Wildman–Crippen MR) is 93.7 cm³/mol. The summed E-state index contributed by atoms with van der Waals surface area (Å²) >= 11 is 0. The largest absolute Gasteiger partial charge is 0.507 e. The molecule has 6 heteroatoms. The van der Waals surface area contributed by atoms with Crippen molar-refractivity contribution in [3.63, 3.8) is 0 Å². The van der Waals surface area contributed by atoms with Gasteiger partial charge in [-0.1, -0.05) is 23.8 Å². The molecular weight excluding hydrogens is 304 g/mol. The summed E-state index contributed by atoms with van der Waals surface area (Å²) in [6.07, 6.45) is 2.81. The van der Waals surface area contributed by atoms with Crippen LogP contribution in [0.4, 0.5) is 0 Å². The summed E-state index contributed by atoms with van der Waals surface area (Å²) in [6, 6.07) is 12.7. The minimum absolute atomic E-state index is 0.101. The number of aromatic amines is 1. The first-order valence-corrected chi connectivity index (χ1v) is 7.45. The van der Waals surface area contributed by atoms with Crippen molar-refractivity contribution >= 4 is 28.2 Å². The lowest BCUT2D eigenvalue weighted by Gasteiger charge is -1.99. The van der Waals surface area contributed by atoms with Crippen LogP contribution in [0.3, 0.4) is 0 Å². The minimum atomic E-state index is -0.291. The Morgan fingerprint density at radius 1 is 1.25 bits per heavy atom. The van der Waals surface area contributed by atoms with E-state index in [0.29, 0.717) is 16.6 Å². The van der Waals surface area contributed by atoms with Crippen LogP contribution in [0.2, 0.25) is 0 Å². The van der Waals surface area contributed by atoms with E-state index in [4.69, 9.17) is 0 Å². The number of aromatic nitrogens is 3. The summed E-state index contributed by atoms with van der Waals surface area (Å²) in [7, 11) is 0. The lowest BCUT2D eigenvalue weighted by atomic mass is 10.2. The van der Waals surface area contributed by atoms with Crippen LogP contribution in [0.15, 0.2) is 58.7 Å². The number of phenolic OH excluding ortho intramolecular Hbond substituents is 1. The summed E-state index contributed by atoms with van der Waals surface area (Å²) in [6.45, 7) is 2.00. The molecule has 0 spiro atoms. The first kappa shape index (κ1) is 14.2. The molecule has 0 amide bonds. The van der Waals surface area contributed by atoms with Crippen LogP contribution in [0.25, 0.3) is 21.9 Å². The Morgan fingerprint density at radius 3 is 2.92 bits per heavy atom. The van der Waals surface area contributed by atoms with Crippen molar-refractivity contribution in [3.05, 3.63) is 70.3 Å². The van der Waals surface area contributed by atoms with Crippen LogP contribution in [0.5, 0.6) is 5.75 Å². The van der Waals surface area contributed by atoms with E-state index in [1.54, 1.807) is 24.3 Å². The maximum Gasteiger partial charge on any atom is 0.298 e. The molecule has 2 aromatic carbocycles. The second-order valence-electron chi connectivity index (χ2n) is 5.60. The molecule has 0 aliphatic heterocycles. The lowest BCUT2D eigenvalue weighted by Crippen LogP contribution is -2.17. The van der Waals surface area contributed by atoms with Gasteiger partial charge in [0.2, 0.25) is 0 Å². The zero-order valence-corrected chi connectivity index (χ0v) is 12.9. The van der Waals surface area contributed by atoms with Crippen LogP contribution in [0.1, 0.15) is 11.1 Å². The fourth-order valence-corrected chi connectivity index (χ4v) is 2.66. The second-order valence-corrected chi connectivity index (χ2v) is 5.60. The molecule has 0 aliphatic carbocycles. The number of hydrogen-bond donors (Lipinski definition) is 2. The van der Waals surface area contributed by atoms with E-state index < -0.39 is 0 Å². The van der Waals surface area contributed by atoms with Gasteiger partial charge in [-0.15, -0.1) is 0 Å². The molecule has 24 heavy (non-hydrogen) atoms. The van der Waals surface area contributed by atoms with Crippen molar-refractivity contribution in [1.82, 2.24) is 14.6 Å². The summed E-state index contributed by atoms with van der Waals surface area (Å²) in [5.41, 5.74) is 3.24. The molecule has 2 N–H and O–H groups in total. The van der Waals surface area contributed by atoms with Gasteiger partial charge in [-0.25, -0.2) is 4.98 Å². The quantitative estimate of drug-likeness (QED) is 0.557. The number of H-pyrrole nitrogens is 1. The molecule has 0 bridgehead atoms. The van der Waals surface area contributed by atoms with E-state index in [2.05, 4.69) is 15.1 Å². The Kier molecular flexibility index (Phi) is 3.16. The average molecular weight is 318 g/mol. The topological polar surface area (TPSA) is 83.3 Å². The van der Waals surface area contributed by atoms with E-state index >= 15 is 0 Å². The van der Waals surface area contributed by atoms with E-state index in [0.717, 1.165) is 21.1 Å². The number of hydrogen-bond acceptors (Lipinski definition) is 4. The lowest BCUT2D eigenvalue weighted by molar-refractivity contribution is 0.474. The van der Waals surface area contributed by atoms with E-state index in [1.165, 1.54) is 12.5 Å². The molecule has 2 aromatic heterocycles. The van der Waals surface area contributed by atoms with Gasteiger partial charge in [-0.3, -0.25) is 4.79 Å². The molecule has 4 aromatic rings. The highest BCUT2D eigenvalue weighted by Crippen LogP contribution is 2.22. The molecule has 0 saturated heterocycles. The maximum absolute atomic E-state index is 12.6. The highest BCUT2D eigenvalue weighted by atomic mass is 16.3. The molecule has 0 saturated carbocycles. The summed E-state index contributed by atoms with van der Waals surface area (Å²) < 4.78 is 1.15. The van der Waals surface area contributed by atoms with Gasteiger partial charge in [0.05, 0.1) is 6.21 Å². The minimum Gasteiger partial charge on any atom is -0.507 e. The standard InChI is InChI=1S/C18H14N4O2/c1-11-6-7-14-13(8-11)16-17(21-14)18(24)22(10-19-16)20-9-12-4-2-3-5-15(12)23/h2-10,21,23H,1H3. The fraction of sp³-hybridized carbons (Fsp3) is 0.0556. The number of nitrogens with zero attached hydrogens (tertiary/aromatic N) is 3. The number of benzene rings is 2. The number of fused-ring (bicyclic) bond motifs is 3. The molecular formula is C18H14N4O2. The number of aromatic hydroxyl groups is 1. The molecule has 118 valence electrons. The van der Waals surface area contributed by atoms with Crippen molar-refractivity contribution < 1.29 is 5.11 Å². The number of rotatable bonds is 2. The zero-order valence-electron chi connectivity index (χ0n) is 12.9. The van der Waals surface area contributed by atoms with Crippen LogP contribution in [-0.4, -0.2) is 26.0 Å². The van der Waals surface area contributed by atoms with Crippen molar-refractivity contribution in [2.45, 2.75) is 6.92 Å². The summed E-state index contributed by atoms with van der Waals surface area (Å²) in [4.78, 5) is 20.1. The first-order chi connectivity index (χ1) is 11.6. The van der Waals surface area contributed by atoms with Gasteiger partial charge in [0, 0.05) is 16.5 Å². The van der Waals surface area contributed by atoms with Crippen molar-refractivity contribution in [3.8, 4) is 5.75 Å². The highest BCUT2D eigenvalue weighted by Gasteiger charge is 2.10. The predicted octanol–water partition coefficient (Wildman–Crippen LogP) is 2.77. The highest BCUT2D eigenvalue weighted by molar-refractivity contribution is 6.04. The molecule has 6 nitrogen and oxygen atoms in total. The SMILES string of the molecule is Cc1ccc2[nH]c3c(=O)n(N=Cc4ccccc4O)cnc3c2c1. The number of aryl methyl sites for hydroxylation is 1. The third-order valence-electron chi connectivity index (χ3n) is 3.90. The summed E-state index contributed by atoms with van der Waals surface area (Å²) in [5, 5.41) is 14.8. The van der Waals surface area contributed by atoms with Gasteiger partial charge in [0.15, 0.2) is 0 Å². The molecule has 0 unspecified atom stereocenters. The number of phenols is 1. The van der Waals surface area contributed by atoms with Gasteiger partial charge >= 0.3 is 0 Å². The van der Waals surface area contributed by atoms with Crippen LogP contribution in [0, 0.1) is 6.92 Å². The van der Waals surface area contributed by atoms with Gasteiger partial charge in [-0.2, -0.15) is 9.78 Å². The molecule has 0 fully saturated rings. The normalized spacial score (nSPS) is 11.7. The molecule has 0 atom stereocenters. The average Bonchev–Trinajstić information content (AvgIpc) is 2.94. The Labute approximate surface area is 136 Å². The van der Waals surface area contributed by atoms with Gasteiger partial charge in [0.25, 0.3) is 5.56 Å². The number of nitrogens with one attached hydrogen (secondary N) is 1. The molecule has 2 heterocycles. The van der Waals surface area contributed by atoms with Crippen LogP contribution >= 0.6 is 0 Å². The molecule has 0 aliphatic rings. The Balaban J connectivity index is 1.86. The Hall–Kier alpha value is -3.41. The zero-order chi connectivity index (χ0) is 16.7.